The first kappa shape index (κ1) is 23.5. The van der Waals surface area contributed by atoms with Gasteiger partial charge in [0, 0.05) is 10.7 Å². The summed E-state index contributed by atoms with van der Waals surface area (Å²) < 4.78 is 79.5. The minimum Gasteiger partial charge on any atom is -0.479 e. The van der Waals surface area contributed by atoms with Crippen molar-refractivity contribution in [2.75, 3.05) is 5.32 Å². The maximum atomic E-state index is 13.7. The van der Waals surface area contributed by atoms with Gasteiger partial charge in [-0.15, -0.1) is 0 Å². The summed E-state index contributed by atoms with van der Waals surface area (Å²) in [6.07, 6.45) is 3.04. The van der Waals surface area contributed by atoms with Crippen molar-refractivity contribution >= 4 is 27.5 Å². The van der Waals surface area contributed by atoms with Gasteiger partial charge >= 0.3 is 0 Å². The number of halogens is 6. The lowest BCUT2D eigenvalue weighted by Gasteiger charge is -2.09. The molecule has 0 fully saturated rings. The second kappa shape index (κ2) is 9.67. The predicted molar refractivity (Wildman–Crippen MR) is 113 cm³/mol. The summed E-state index contributed by atoms with van der Waals surface area (Å²) in [5, 5.41) is 6.74. The second-order valence-corrected chi connectivity index (χ2v) is 7.88. The highest BCUT2D eigenvalue weighted by atomic mass is 79.9. The Bertz CT molecular complexity index is 1330. The molecule has 0 saturated heterocycles. The normalized spacial score (nSPS) is 11.0. The van der Waals surface area contributed by atoms with Crippen LogP contribution in [0.15, 0.2) is 57.7 Å². The van der Waals surface area contributed by atoms with Gasteiger partial charge < -0.3 is 14.5 Å². The molecule has 2 aromatic heterocycles. The Morgan fingerprint density at radius 3 is 2.29 bits per heavy atom. The SMILES string of the molecule is O=C(Nc1cnn(Cc2ccc(Br)cc2)c1)c1ccc(COc2c(F)c(F)c(F)c(F)c2F)o1. The molecular formula is C22H13BrF5N3O3. The first-order chi connectivity index (χ1) is 16.2. The largest absolute Gasteiger partial charge is 0.479 e. The average Bonchev–Trinajstić information content (AvgIpc) is 3.47. The minimum absolute atomic E-state index is 0.0833. The average molecular weight is 542 g/mol. The number of anilines is 1. The fourth-order valence-electron chi connectivity index (χ4n) is 2.92. The molecule has 0 aliphatic carbocycles. The van der Waals surface area contributed by atoms with E-state index in [1.807, 2.05) is 24.3 Å². The Labute approximate surface area is 197 Å². The third kappa shape index (κ3) is 4.96. The number of nitrogens with one attached hydrogen (secondary N) is 1. The van der Waals surface area contributed by atoms with E-state index in [-0.39, 0.29) is 11.5 Å². The number of rotatable bonds is 7. The second-order valence-electron chi connectivity index (χ2n) is 6.96. The number of amides is 1. The number of hydrogen-bond acceptors (Lipinski definition) is 4. The maximum Gasteiger partial charge on any atom is 0.291 e. The van der Waals surface area contributed by atoms with Crippen molar-refractivity contribution < 1.29 is 35.9 Å². The van der Waals surface area contributed by atoms with Crippen molar-refractivity contribution in [3.05, 3.63) is 99.4 Å². The molecule has 0 bridgehead atoms. The molecule has 6 nitrogen and oxygen atoms in total. The standard InChI is InChI=1S/C22H13BrF5N3O3/c23-12-3-1-11(2-4-12)8-31-9-13(7-29-31)30-22(32)15-6-5-14(34-15)10-33-21-19(27)17(25)16(24)18(26)20(21)28/h1-7,9H,8,10H2,(H,30,32). The fraction of sp³-hybridized carbons (Fsp3) is 0.0909. The Balaban J connectivity index is 1.38. The van der Waals surface area contributed by atoms with Crippen LogP contribution >= 0.6 is 15.9 Å². The zero-order valence-electron chi connectivity index (χ0n) is 16.9. The van der Waals surface area contributed by atoms with Crippen molar-refractivity contribution in [2.45, 2.75) is 13.2 Å². The molecule has 2 heterocycles. The van der Waals surface area contributed by atoms with Crippen molar-refractivity contribution in [1.82, 2.24) is 9.78 Å². The highest BCUT2D eigenvalue weighted by Gasteiger charge is 2.27. The van der Waals surface area contributed by atoms with Gasteiger partial charge in [0.15, 0.2) is 11.5 Å². The lowest BCUT2D eigenvalue weighted by Crippen LogP contribution is -2.10. The monoisotopic (exact) mass is 541 g/mol. The van der Waals surface area contributed by atoms with E-state index in [4.69, 9.17) is 9.15 Å². The van der Waals surface area contributed by atoms with Gasteiger partial charge in [-0.25, -0.2) is 13.2 Å². The van der Waals surface area contributed by atoms with Crippen molar-refractivity contribution in [2.24, 2.45) is 0 Å². The number of nitrogens with zero attached hydrogens (tertiary/aromatic N) is 2. The van der Waals surface area contributed by atoms with Gasteiger partial charge in [0.1, 0.15) is 12.4 Å². The molecule has 0 atom stereocenters. The molecule has 0 radical (unpaired) electrons. The third-order valence-corrected chi connectivity index (χ3v) is 5.09. The van der Waals surface area contributed by atoms with Crippen LogP contribution in [-0.2, 0) is 13.2 Å². The number of benzene rings is 2. The summed E-state index contributed by atoms with van der Waals surface area (Å²) in [6.45, 7) is -0.208. The zero-order valence-corrected chi connectivity index (χ0v) is 18.5. The molecule has 4 aromatic rings. The number of carbonyl (C=O) groups excluding carboxylic acids is 1. The topological polar surface area (TPSA) is 69.3 Å². The first-order valence-corrected chi connectivity index (χ1v) is 10.3. The molecule has 0 aliphatic heterocycles. The fourth-order valence-corrected chi connectivity index (χ4v) is 3.18. The van der Waals surface area contributed by atoms with Crippen LogP contribution in [0.5, 0.6) is 5.75 Å². The van der Waals surface area contributed by atoms with E-state index in [0.29, 0.717) is 12.2 Å². The lowest BCUT2D eigenvalue weighted by molar-refractivity contribution is 0.0992. The lowest BCUT2D eigenvalue weighted by atomic mass is 10.2. The van der Waals surface area contributed by atoms with E-state index in [1.54, 1.807) is 10.9 Å². The molecule has 12 heteroatoms. The Morgan fingerprint density at radius 2 is 1.62 bits per heavy atom. The molecule has 1 N–H and O–H groups in total. The van der Waals surface area contributed by atoms with Crippen molar-refractivity contribution in [1.29, 1.82) is 0 Å². The van der Waals surface area contributed by atoms with Gasteiger partial charge in [-0.1, -0.05) is 28.1 Å². The summed E-state index contributed by atoms with van der Waals surface area (Å²) in [5.74, 6) is -13.1. The molecular weight excluding hydrogens is 529 g/mol. The summed E-state index contributed by atoms with van der Waals surface area (Å²) in [5.41, 5.74) is 1.38. The van der Waals surface area contributed by atoms with Crippen molar-refractivity contribution in [3.63, 3.8) is 0 Å². The molecule has 176 valence electrons. The number of hydrogen-bond donors (Lipinski definition) is 1. The van der Waals surface area contributed by atoms with Crippen LogP contribution in [0, 0.1) is 29.1 Å². The number of furan rings is 1. The number of ether oxygens (including phenoxy) is 1. The van der Waals surface area contributed by atoms with Crippen LogP contribution in [-0.4, -0.2) is 15.7 Å². The summed E-state index contributed by atoms with van der Waals surface area (Å²) in [7, 11) is 0. The molecule has 0 aliphatic rings. The van der Waals surface area contributed by atoms with Crippen molar-refractivity contribution in [3.8, 4) is 5.75 Å². The van der Waals surface area contributed by atoms with Crippen LogP contribution in [0.3, 0.4) is 0 Å². The van der Waals surface area contributed by atoms with Gasteiger partial charge in [-0.2, -0.15) is 13.9 Å². The molecule has 4 rings (SSSR count). The summed E-state index contributed by atoms with van der Waals surface area (Å²) in [6, 6.07) is 10.2. The van der Waals surface area contributed by atoms with Gasteiger partial charge in [-0.3, -0.25) is 9.48 Å². The quantitative estimate of drug-likeness (QED) is 0.182. The van der Waals surface area contributed by atoms with Gasteiger partial charge in [0.25, 0.3) is 5.91 Å². The third-order valence-electron chi connectivity index (χ3n) is 4.56. The number of carbonyl (C=O) groups is 1. The first-order valence-electron chi connectivity index (χ1n) is 9.54. The number of aromatic nitrogens is 2. The molecule has 34 heavy (non-hydrogen) atoms. The Hall–Kier alpha value is -3.67. The highest BCUT2D eigenvalue weighted by Crippen LogP contribution is 2.30. The van der Waals surface area contributed by atoms with E-state index in [9.17, 15) is 26.7 Å². The van der Waals surface area contributed by atoms with Crippen LogP contribution in [0.1, 0.15) is 21.9 Å². The molecule has 1 amide bonds. The van der Waals surface area contributed by atoms with Gasteiger partial charge in [-0.05, 0) is 29.8 Å². The minimum atomic E-state index is -2.29. The summed E-state index contributed by atoms with van der Waals surface area (Å²) >= 11 is 3.36. The summed E-state index contributed by atoms with van der Waals surface area (Å²) in [4.78, 5) is 12.4. The smallest absolute Gasteiger partial charge is 0.291 e. The maximum absolute atomic E-state index is 13.7. The van der Waals surface area contributed by atoms with E-state index in [0.717, 1.165) is 10.0 Å². The molecule has 2 aromatic carbocycles. The molecule has 0 unspecified atom stereocenters. The van der Waals surface area contributed by atoms with Crippen LogP contribution < -0.4 is 10.1 Å². The molecule has 0 saturated carbocycles. The van der Waals surface area contributed by atoms with Crippen LogP contribution in [0.25, 0.3) is 0 Å². The van der Waals surface area contributed by atoms with Crippen LogP contribution in [0.4, 0.5) is 27.6 Å². The zero-order chi connectivity index (χ0) is 24.4. The molecule has 0 spiro atoms. The Morgan fingerprint density at radius 1 is 0.971 bits per heavy atom. The Kier molecular flexibility index (Phi) is 6.68. The van der Waals surface area contributed by atoms with Crippen LogP contribution in [0.2, 0.25) is 0 Å². The van der Waals surface area contributed by atoms with Gasteiger partial charge in [0.05, 0.1) is 18.4 Å². The van der Waals surface area contributed by atoms with E-state index in [2.05, 4.69) is 26.3 Å². The predicted octanol–water partition coefficient (Wildman–Crippen LogP) is 5.81. The van der Waals surface area contributed by atoms with E-state index >= 15 is 0 Å². The highest BCUT2D eigenvalue weighted by molar-refractivity contribution is 9.10. The van der Waals surface area contributed by atoms with Gasteiger partial charge in [0.2, 0.25) is 29.1 Å². The van der Waals surface area contributed by atoms with E-state index < -0.39 is 47.3 Å². The van der Waals surface area contributed by atoms with E-state index in [1.165, 1.54) is 18.3 Å².